The SMILES string of the molecule is COCOc1cc(C(F)(F)F)cc(-c2nn(C3CCCCO3)c3cc(C4=CCN(C(=O)O)CC4)ncc23)c1F. The van der Waals surface area contributed by atoms with Crippen LogP contribution in [0.25, 0.3) is 27.7 Å². The summed E-state index contributed by atoms with van der Waals surface area (Å²) in [6.45, 7) is 0.557. The van der Waals surface area contributed by atoms with Crippen LogP contribution in [0, 0.1) is 5.82 Å². The van der Waals surface area contributed by atoms with E-state index in [1.807, 2.05) is 0 Å². The molecule has 13 heteroatoms. The number of carbonyl (C=O) groups is 1. The molecule has 2 aliphatic heterocycles. The fourth-order valence-corrected chi connectivity index (χ4v) is 4.78. The Bertz CT molecular complexity index is 1420. The normalized spacial score (nSPS) is 18.3. The van der Waals surface area contributed by atoms with E-state index in [0.29, 0.717) is 54.7 Å². The minimum absolute atomic E-state index is 0.0289. The van der Waals surface area contributed by atoms with Gasteiger partial charge in [-0.3, -0.25) is 4.98 Å². The molecule has 3 aromatic rings. The van der Waals surface area contributed by atoms with E-state index in [2.05, 4.69) is 10.1 Å². The number of amides is 1. The van der Waals surface area contributed by atoms with Crippen LogP contribution in [0.2, 0.25) is 0 Å². The molecule has 5 rings (SSSR count). The summed E-state index contributed by atoms with van der Waals surface area (Å²) in [6.07, 6.45) is -0.253. The number of methoxy groups -OCH3 is 1. The number of halogens is 4. The van der Waals surface area contributed by atoms with E-state index in [1.54, 1.807) is 16.8 Å². The highest BCUT2D eigenvalue weighted by molar-refractivity contribution is 5.94. The number of pyridine rings is 1. The number of carboxylic acid groups (broad SMARTS) is 1. The number of ether oxygens (including phenoxy) is 3. The van der Waals surface area contributed by atoms with Crippen LogP contribution in [-0.2, 0) is 15.7 Å². The zero-order valence-corrected chi connectivity index (χ0v) is 21.0. The highest BCUT2D eigenvalue weighted by Crippen LogP contribution is 2.41. The topological polar surface area (TPSA) is 98.9 Å². The molecule has 39 heavy (non-hydrogen) atoms. The number of aromatic nitrogens is 3. The molecule has 1 aromatic carbocycles. The van der Waals surface area contributed by atoms with Crippen molar-refractivity contribution in [1.82, 2.24) is 19.7 Å². The third-order valence-electron chi connectivity index (χ3n) is 6.78. The zero-order valence-electron chi connectivity index (χ0n) is 21.0. The second-order valence-corrected chi connectivity index (χ2v) is 9.29. The van der Waals surface area contributed by atoms with Crippen molar-refractivity contribution in [2.24, 2.45) is 0 Å². The highest BCUT2D eigenvalue weighted by Gasteiger charge is 2.34. The number of fused-ring (bicyclic) bond motifs is 1. The summed E-state index contributed by atoms with van der Waals surface area (Å²) >= 11 is 0. The van der Waals surface area contributed by atoms with Crippen molar-refractivity contribution in [3.63, 3.8) is 0 Å². The van der Waals surface area contributed by atoms with Gasteiger partial charge in [0.15, 0.2) is 24.6 Å². The minimum Gasteiger partial charge on any atom is -0.465 e. The van der Waals surface area contributed by atoms with Gasteiger partial charge in [0.2, 0.25) is 0 Å². The zero-order chi connectivity index (χ0) is 27.7. The van der Waals surface area contributed by atoms with Crippen molar-refractivity contribution in [1.29, 1.82) is 0 Å². The van der Waals surface area contributed by atoms with Gasteiger partial charge in [-0.25, -0.2) is 13.9 Å². The van der Waals surface area contributed by atoms with E-state index >= 15 is 4.39 Å². The number of alkyl halides is 3. The Kier molecular flexibility index (Phi) is 7.45. The summed E-state index contributed by atoms with van der Waals surface area (Å²) in [6, 6.07) is 3.04. The molecule has 0 radical (unpaired) electrons. The third kappa shape index (κ3) is 5.41. The minimum atomic E-state index is -4.76. The lowest BCUT2D eigenvalue weighted by Crippen LogP contribution is -2.33. The van der Waals surface area contributed by atoms with Crippen molar-refractivity contribution in [2.45, 2.75) is 38.1 Å². The van der Waals surface area contributed by atoms with Crippen molar-refractivity contribution >= 4 is 22.6 Å². The molecule has 1 saturated heterocycles. The van der Waals surface area contributed by atoms with Crippen LogP contribution in [0.1, 0.15) is 43.2 Å². The van der Waals surface area contributed by atoms with Crippen LogP contribution in [0.4, 0.5) is 22.4 Å². The summed E-state index contributed by atoms with van der Waals surface area (Å²) < 4.78 is 74.2. The maximum Gasteiger partial charge on any atom is 0.416 e. The molecule has 0 spiro atoms. The van der Waals surface area contributed by atoms with Gasteiger partial charge in [-0.05, 0) is 49.5 Å². The van der Waals surface area contributed by atoms with Gasteiger partial charge in [-0.1, -0.05) is 6.08 Å². The monoisotopic (exact) mass is 550 g/mol. The molecule has 0 aliphatic carbocycles. The first-order valence-corrected chi connectivity index (χ1v) is 12.4. The average Bonchev–Trinajstić information content (AvgIpc) is 3.31. The van der Waals surface area contributed by atoms with Gasteiger partial charge < -0.3 is 24.2 Å². The summed E-state index contributed by atoms with van der Waals surface area (Å²) in [7, 11) is 1.27. The molecule has 1 atom stereocenters. The Morgan fingerprint density at radius 3 is 2.72 bits per heavy atom. The Morgan fingerprint density at radius 1 is 1.26 bits per heavy atom. The van der Waals surface area contributed by atoms with E-state index in [9.17, 15) is 23.1 Å². The third-order valence-corrected chi connectivity index (χ3v) is 6.78. The van der Waals surface area contributed by atoms with E-state index in [0.717, 1.165) is 18.4 Å². The molecular formula is C26H26F4N4O5. The van der Waals surface area contributed by atoms with Gasteiger partial charge in [0.1, 0.15) is 5.69 Å². The second kappa shape index (κ2) is 10.8. The molecule has 208 valence electrons. The Morgan fingerprint density at radius 2 is 2.08 bits per heavy atom. The first-order chi connectivity index (χ1) is 18.7. The van der Waals surface area contributed by atoms with Crippen LogP contribution in [0.5, 0.6) is 5.75 Å². The standard InChI is InChI=1S/C26H26F4N4O5/c1-37-14-39-21-11-16(26(28,29)30)10-17(23(21)27)24-18-13-31-19(15-5-7-33(8-6-15)25(35)36)12-20(18)34(32-24)22-4-2-3-9-38-22/h5,10-13,22H,2-4,6-9,14H2,1H3,(H,35,36). The summed E-state index contributed by atoms with van der Waals surface area (Å²) in [5.74, 6) is -1.62. The van der Waals surface area contributed by atoms with Crippen molar-refractivity contribution < 1.29 is 41.7 Å². The van der Waals surface area contributed by atoms with Crippen molar-refractivity contribution in [3.8, 4) is 17.0 Å². The summed E-state index contributed by atoms with van der Waals surface area (Å²) in [5.41, 5.74) is 0.400. The van der Waals surface area contributed by atoms with Gasteiger partial charge >= 0.3 is 12.3 Å². The Hall–Kier alpha value is -3.71. The molecule has 2 aromatic heterocycles. The number of nitrogens with zero attached hydrogens (tertiary/aromatic N) is 4. The molecule has 4 heterocycles. The molecule has 1 fully saturated rings. The lowest BCUT2D eigenvalue weighted by Gasteiger charge is -2.24. The van der Waals surface area contributed by atoms with Crippen LogP contribution in [-0.4, -0.2) is 64.5 Å². The van der Waals surface area contributed by atoms with Crippen molar-refractivity contribution in [3.05, 3.63) is 47.5 Å². The van der Waals surface area contributed by atoms with E-state index in [4.69, 9.17) is 14.2 Å². The maximum absolute atomic E-state index is 15.6. The van der Waals surface area contributed by atoms with Gasteiger partial charge in [-0.15, -0.1) is 0 Å². The maximum atomic E-state index is 15.6. The molecule has 1 N–H and O–H groups in total. The Labute approximate surface area is 220 Å². The molecule has 9 nitrogen and oxygen atoms in total. The lowest BCUT2D eigenvalue weighted by molar-refractivity contribution is -0.137. The number of hydrogen-bond donors (Lipinski definition) is 1. The van der Waals surface area contributed by atoms with Gasteiger partial charge in [0.05, 0.1) is 16.8 Å². The molecule has 1 amide bonds. The van der Waals surface area contributed by atoms with Crippen molar-refractivity contribution in [2.75, 3.05) is 33.6 Å². The molecule has 0 bridgehead atoms. The fourth-order valence-electron chi connectivity index (χ4n) is 4.78. The van der Waals surface area contributed by atoms with Crippen LogP contribution < -0.4 is 4.74 Å². The average molecular weight is 551 g/mol. The van der Waals surface area contributed by atoms with E-state index in [-0.39, 0.29) is 17.8 Å². The summed E-state index contributed by atoms with van der Waals surface area (Å²) in [5, 5.41) is 14.1. The van der Waals surface area contributed by atoms with Crippen LogP contribution in [0.15, 0.2) is 30.5 Å². The molecular weight excluding hydrogens is 524 g/mol. The summed E-state index contributed by atoms with van der Waals surface area (Å²) in [4.78, 5) is 17.0. The Balaban J connectivity index is 1.66. The van der Waals surface area contributed by atoms with Crippen LogP contribution >= 0.6 is 0 Å². The lowest BCUT2D eigenvalue weighted by atomic mass is 10.0. The van der Waals surface area contributed by atoms with Crippen LogP contribution in [0.3, 0.4) is 0 Å². The first kappa shape index (κ1) is 26.9. The van der Waals surface area contributed by atoms with E-state index in [1.165, 1.54) is 18.2 Å². The van der Waals surface area contributed by atoms with E-state index < -0.39 is 42.4 Å². The molecule has 0 saturated carbocycles. The number of rotatable bonds is 6. The number of hydrogen-bond acceptors (Lipinski definition) is 6. The van der Waals surface area contributed by atoms with Gasteiger partial charge in [-0.2, -0.15) is 18.3 Å². The molecule has 2 aliphatic rings. The molecule has 1 unspecified atom stereocenters. The fraction of sp³-hybridized carbons (Fsp3) is 0.423. The predicted octanol–water partition coefficient (Wildman–Crippen LogP) is 5.71. The quantitative estimate of drug-likeness (QED) is 0.310. The smallest absolute Gasteiger partial charge is 0.416 e. The predicted molar refractivity (Wildman–Crippen MR) is 131 cm³/mol. The second-order valence-electron chi connectivity index (χ2n) is 9.29. The van der Waals surface area contributed by atoms with Gasteiger partial charge in [0, 0.05) is 44.0 Å². The first-order valence-electron chi connectivity index (χ1n) is 12.4. The largest absolute Gasteiger partial charge is 0.465 e. The number of benzene rings is 1. The van der Waals surface area contributed by atoms with Gasteiger partial charge in [0.25, 0.3) is 0 Å². The highest BCUT2D eigenvalue weighted by atomic mass is 19.4.